The maximum absolute atomic E-state index is 6.41. The van der Waals surface area contributed by atoms with Gasteiger partial charge in [-0.25, -0.2) is 4.98 Å². The largest absolute Gasteiger partial charge is 0.383 e. The van der Waals surface area contributed by atoms with E-state index in [2.05, 4.69) is 41.3 Å². The third-order valence-electron chi connectivity index (χ3n) is 3.72. The molecule has 1 aliphatic rings. The summed E-state index contributed by atoms with van der Waals surface area (Å²) >= 11 is 9.80. The van der Waals surface area contributed by atoms with E-state index in [0.717, 1.165) is 27.4 Å². The maximum atomic E-state index is 6.41. The Labute approximate surface area is 138 Å². The number of aromatic nitrogens is 2. The van der Waals surface area contributed by atoms with Crippen LogP contribution in [0.5, 0.6) is 0 Å². The molecule has 21 heavy (non-hydrogen) atoms. The van der Waals surface area contributed by atoms with Crippen LogP contribution in [-0.4, -0.2) is 9.55 Å². The first-order valence-electron chi connectivity index (χ1n) is 7.12. The molecule has 1 aromatic carbocycles. The SMILES string of the molecule is CC(C)(C)c1nc(-c2ccc(Br)cc2Cl)c(N)n1C1CC1. The van der Waals surface area contributed by atoms with Crippen molar-refractivity contribution < 1.29 is 0 Å². The normalized spacial score (nSPS) is 15.5. The van der Waals surface area contributed by atoms with Gasteiger partial charge in [0.05, 0.1) is 5.02 Å². The Morgan fingerprint density at radius 2 is 2.00 bits per heavy atom. The zero-order valence-electron chi connectivity index (χ0n) is 12.5. The van der Waals surface area contributed by atoms with Gasteiger partial charge in [-0.3, -0.25) is 0 Å². The van der Waals surface area contributed by atoms with E-state index < -0.39 is 0 Å². The Morgan fingerprint density at radius 1 is 1.33 bits per heavy atom. The highest BCUT2D eigenvalue weighted by Gasteiger charge is 2.34. The Hall–Kier alpha value is -1.00. The molecule has 1 saturated carbocycles. The molecule has 0 unspecified atom stereocenters. The first-order valence-corrected chi connectivity index (χ1v) is 8.29. The molecule has 0 atom stereocenters. The van der Waals surface area contributed by atoms with E-state index in [0.29, 0.717) is 11.1 Å². The van der Waals surface area contributed by atoms with Crippen LogP contribution in [0.2, 0.25) is 5.02 Å². The van der Waals surface area contributed by atoms with Gasteiger partial charge in [0.2, 0.25) is 0 Å². The quantitative estimate of drug-likeness (QED) is 0.793. The minimum Gasteiger partial charge on any atom is -0.383 e. The molecule has 2 aromatic rings. The molecule has 3 rings (SSSR count). The van der Waals surface area contributed by atoms with E-state index in [-0.39, 0.29) is 5.41 Å². The summed E-state index contributed by atoms with van der Waals surface area (Å²) < 4.78 is 3.15. The van der Waals surface area contributed by atoms with Crippen molar-refractivity contribution in [3.8, 4) is 11.3 Å². The van der Waals surface area contributed by atoms with Crippen molar-refractivity contribution in [3.63, 3.8) is 0 Å². The zero-order valence-corrected chi connectivity index (χ0v) is 14.8. The van der Waals surface area contributed by atoms with Crippen LogP contribution in [0.1, 0.15) is 45.5 Å². The molecule has 112 valence electrons. The van der Waals surface area contributed by atoms with Gasteiger partial charge in [-0.15, -0.1) is 0 Å². The van der Waals surface area contributed by atoms with Gasteiger partial charge in [0.25, 0.3) is 0 Å². The number of hydrogen-bond acceptors (Lipinski definition) is 2. The Kier molecular flexibility index (Phi) is 3.57. The molecule has 1 aromatic heterocycles. The minimum absolute atomic E-state index is 0.0448. The molecule has 5 heteroatoms. The molecule has 0 radical (unpaired) electrons. The number of nitrogens with two attached hydrogens (primary N) is 1. The second-order valence-electron chi connectivity index (χ2n) is 6.64. The average molecular weight is 369 g/mol. The summed E-state index contributed by atoms with van der Waals surface area (Å²) in [4.78, 5) is 4.84. The molecule has 1 heterocycles. The van der Waals surface area contributed by atoms with Gasteiger partial charge in [-0.1, -0.05) is 54.4 Å². The molecule has 0 bridgehead atoms. The fourth-order valence-corrected chi connectivity index (χ4v) is 3.32. The lowest BCUT2D eigenvalue weighted by Gasteiger charge is -2.20. The highest BCUT2D eigenvalue weighted by molar-refractivity contribution is 9.10. The Balaban J connectivity index is 2.20. The van der Waals surface area contributed by atoms with Crippen LogP contribution < -0.4 is 5.73 Å². The molecule has 1 fully saturated rings. The van der Waals surface area contributed by atoms with Gasteiger partial charge in [0.1, 0.15) is 17.3 Å². The molecular weight excluding hydrogens is 350 g/mol. The summed E-state index contributed by atoms with van der Waals surface area (Å²) in [6, 6.07) is 6.31. The van der Waals surface area contributed by atoms with E-state index in [9.17, 15) is 0 Å². The second-order valence-corrected chi connectivity index (χ2v) is 7.97. The van der Waals surface area contributed by atoms with Crippen LogP contribution in [0, 0.1) is 0 Å². The van der Waals surface area contributed by atoms with Crippen LogP contribution in [0.15, 0.2) is 22.7 Å². The zero-order chi connectivity index (χ0) is 15.4. The molecule has 0 spiro atoms. The predicted molar refractivity (Wildman–Crippen MR) is 91.8 cm³/mol. The smallest absolute Gasteiger partial charge is 0.132 e. The summed E-state index contributed by atoms with van der Waals surface area (Å²) in [5, 5.41) is 0.664. The van der Waals surface area contributed by atoms with Gasteiger partial charge in [-0.05, 0) is 25.0 Å². The summed E-state index contributed by atoms with van der Waals surface area (Å²) in [7, 11) is 0. The predicted octanol–water partition coefficient (Wildman–Crippen LogP) is 5.18. The summed E-state index contributed by atoms with van der Waals surface area (Å²) in [5.74, 6) is 1.77. The minimum atomic E-state index is -0.0448. The molecule has 1 aliphatic carbocycles. The van der Waals surface area contributed by atoms with E-state index in [1.807, 2.05) is 18.2 Å². The number of imidazole rings is 1. The van der Waals surface area contributed by atoms with E-state index in [1.165, 1.54) is 12.8 Å². The van der Waals surface area contributed by atoms with E-state index in [1.54, 1.807) is 0 Å². The van der Waals surface area contributed by atoms with Crippen molar-refractivity contribution in [2.45, 2.75) is 45.1 Å². The fourth-order valence-electron chi connectivity index (χ4n) is 2.56. The Bertz CT molecular complexity index is 696. The summed E-state index contributed by atoms with van der Waals surface area (Å²) in [6.45, 7) is 6.50. The van der Waals surface area contributed by atoms with Gasteiger partial charge in [-0.2, -0.15) is 0 Å². The highest BCUT2D eigenvalue weighted by Crippen LogP contribution is 2.44. The number of benzene rings is 1. The van der Waals surface area contributed by atoms with Crippen LogP contribution in [0.3, 0.4) is 0 Å². The fraction of sp³-hybridized carbons (Fsp3) is 0.438. The number of hydrogen-bond donors (Lipinski definition) is 1. The van der Waals surface area contributed by atoms with Crippen LogP contribution in [0.4, 0.5) is 5.82 Å². The molecule has 0 saturated heterocycles. The average Bonchev–Trinajstić information content (AvgIpc) is 3.13. The summed E-state index contributed by atoms with van der Waals surface area (Å²) in [5.41, 5.74) is 8.05. The van der Waals surface area contributed by atoms with Crippen molar-refractivity contribution in [2.75, 3.05) is 5.73 Å². The number of nitrogen functional groups attached to an aromatic ring is 1. The number of anilines is 1. The third kappa shape index (κ3) is 2.71. The van der Waals surface area contributed by atoms with Crippen molar-refractivity contribution in [1.82, 2.24) is 9.55 Å². The van der Waals surface area contributed by atoms with Gasteiger partial charge in [0.15, 0.2) is 0 Å². The topological polar surface area (TPSA) is 43.8 Å². The lowest BCUT2D eigenvalue weighted by atomic mass is 9.95. The highest BCUT2D eigenvalue weighted by atomic mass is 79.9. The molecule has 2 N–H and O–H groups in total. The standard InChI is InChI=1S/C16H19BrClN3/c1-16(2,3)15-20-13(14(19)21(15)10-5-6-10)11-7-4-9(17)8-12(11)18/h4,7-8,10H,5-6,19H2,1-3H3. The molecule has 0 aliphatic heterocycles. The van der Waals surface area contributed by atoms with Gasteiger partial charge < -0.3 is 10.3 Å². The molecule has 3 nitrogen and oxygen atoms in total. The summed E-state index contributed by atoms with van der Waals surface area (Å²) in [6.07, 6.45) is 2.36. The van der Waals surface area contributed by atoms with Crippen LogP contribution >= 0.6 is 27.5 Å². The Morgan fingerprint density at radius 3 is 2.52 bits per heavy atom. The van der Waals surface area contributed by atoms with Crippen molar-refractivity contribution in [3.05, 3.63) is 33.5 Å². The first-order chi connectivity index (χ1) is 9.79. The number of rotatable bonds is 2. The number of halogens is 2. The van der Waals surface area contributed by atoms with Crippen LogP contribution in [-0.2, 0) is 5.41 Å². The molecule has 0 amide bonds. The van der Waals surface area contributed by atoms with E-state index >= 15 is 0 Å². The van der Waals surface area contributed by atoms with Crippen molar-refractivity contribution in [2.24, 2.45) is 0 Å². The second kappa shape index (κ2) is 5.03. The lowest BCUT2D eigenvalue weighted by Crippen LogP contribution is -2.19. The lowest BCUT2D eigenvalue weighted by molar-refractivity contribution is 0.504. The first kappa shape index (κ1) is 14.9. The van der Waals surface area contributed by atoms with Crippen molar-refractivity contribution >= 4 is 33.3 Å². The monoisotopic (exact) mass is 367 g/mol. The van der Waals surface area contributed by atoms with Crippen LogP contribution in [0.25, 0.3) is 11.3 Å². The van der Waals surface area contributed by atoms with Gasteiger partial charge in [0, 0.05) is 21.5 Å². The maximum Gasteiger partial charge on any atom is 0.132 e. The van der Waals surface area contributed by atoms with E-state index in [4.69, 9.17) is 22.3 Å². The third-order valence-corrected chi connectivity index (χ3v) is 4.52. The van der Waals surface area contributed by atoms with Gasteiger partial charge >= 0.3 is 0 Å². The van der Waals surface area contributed by atoms with Crippen molar-refractivity contribution in [1.29, 1.82) is 0 Å². The number of nitrogens with zero attached hydrogens (tertiary/aromatic N) is 2. The molecular formula is C16H19BrClN3.